The van der Waals surface area contributed by atoms with Gasteiger partial charge in [-0.1, -0.05) is 4.40 Å². The van der Waals surface area contributed by atoms with Gasteiger partial charge in [-0.15, -0.1) is 11.6 Å². The van der Waals surface area contributed by atoms with Crippen molar-refractivity contribution in [3.8, 4) is 0 Å². The fraction of sp³-hybridized carbons (Fsp3) is 0.524. The number of piperidine rings is 1. The zero-order valence-electron chi connectivity index (χ0n) is 17.0. The molecule has 0 saturated carbocycles. The number of hydrogen-bond donors (Lipinski definition) is 0. The summed E-state index contributed by atoms with van der Waals surface area (Å²) in [4.78, 5) is 14.9. The Kier molecular flexibility index (Phi) is 6.13. The molecule has 1 fully saturated rings. The van der Waals surface area contributed by atoms with Crippen molar-refractivity contribution in [1.82, 2.24) is 0 Å². The van der Waals surface area contributed by atoms with Crippen LogP contribution in [0.5, 0.6) is 0 Å². The smallest absolute Gasteiger partial charge is 0.200 e. The van der Waals surface area contributed by atoms with Crippen LogP contribution in [0.1, 0.15) is 51.7 Å². The first-order valence-corrected chi connectivity index (χ1v) is 11.1. The predicted octanol–water partition coefficient (Wildman–Crippen LogP) is 4.58. The molecule has 1 atom stereocenters. The molecule has 2 aromatic rings. The molecule has 152 valence electrons. The molecule has 3 rings (SSSR count). The van der Waals surface area contributed by atoms with Crippen molar-refractivity contribution >= 4 is 45.5 Å². The van der Waals surface area contributed by atoms with Crippen LogP contribution >= 0.6 is 11.6 Å². The molecule has 1 saturated heterocycles. The maximum Gasteiger partial charge on any atom is 0.200 e. The predicted molar refractivity (Wildman–Crippen MR) is 118 cm³/mol. The van der Waals surface area contributed by atoms with E-state index in [1.54, 1.807) is 6.07 Å². The van der Waals surface area contributed by atoms with Gasteiger partial charge in [0.05, 0.1) is 11.1 Å². The fourth-order valence-electron chi connectivity index (χ4n) is 3.19. The molecular formula is C21H27ClN2O3S. The largest absolute Gasteiger partial charge is 0.591 e. The highest BCUT2D eigenvalue weighted by Gasteiger charge is 2.27. The lowest BCUT2D eigenvalue weighted by atomic mass is 10.0. The fourth-order valence-corrected chi connectivity index (χ4v) is 4.01. The number of anilines is 1. The Morgan fingerprint density at radius 3 is 2.54 bits per heavy atom. The molecule has 1 aromatic heterocycles. The molecule has 0 aliphatic carbocycles. The highest BCUT2D eigenvalue weighted by molar-refractivity contribution is 7.91. The Labute approximate surface area is 174 Å². The summed E-state index contributed by atoms with van der Waals surface area (Å²) < 4.78 is 22.6. The summed E-state index contributed by atoms with van der Waals surface area (Å²) in [5, 5.41) is 0.686. The van der Waals surface area contributed by atoms with E-state index in [9.17, 15) is 9.35 Å². The number of benzene rings is 1. The number of aryl methyl sites for hydroxylation is 1. The minimum absolute atomic E-state index is 0.0843. The van der Waals surface area contributed by atoms with E-state index in [4.69, 9.17) is 16.0 Å². The quantitative estimate of drug-likeness (QED) is 0.412. The Bertz CT molecular complexity index is 957. The molecule has 1 aromatic carbocycles. The SMILES string of the molecule is CC(=N[S+]([O-])C(C)(C)C)c1cc(C)cc2c(=O)cc(N3CCC(Cl)CC3)oc12. The molecule has 0 amide bonds. The van der Waals surface area contributed by atoms with Crippen molar-refractivity contribution in [3.63, 3.8) is 0 Å². The third-order valence-electron chi connectivity index (χ3n) is 4.83. The second-order valence-corrected chi connectivity index (χ2v) is 10.9. The molecule has 0 radical (unpaired) electrons. The molecule has 0 bridgehead atoms. The second-order valence-electron chi connectivity index (χ2n) is 8.34. The van der Waals surface area contributed by atoms with E-state index in [1.165, 1.54) is 0 Å². The van der Waals surface area contributed by atoms with Crippen molar-refractivity contribution in [2.45, 2.75) is 57.6 Å². The van der Waals surface area contributed by atoms with E-state index < -0.39 is 16.1 Å². The summed E-state index contributed by atoms with van der Waals surface area (Å²) in [6.07, 6.45) is 1.71. The van der Waals surface area contributed by atoms with Gasteiger partial charge in [0.2, 0.25) is 0 Å². The minimum Gasteiger partial charge on any atom is -0.591 e. The summed E-state index contributed by atoms with van der Waals surface area (Å²) in [5.41, 5.74) is 2.65. The van der Waals surface area contributed by atoms with E-state index in [0.717, 1.165) is 31.5 Å². The monoisotopic (exact) mass is 422 g/mol. The van der Waals surface area contributed by atoms with Crippen LogP contribution in [0.3, 0.4) is 0 Å². The normalized spacial score (nSPS) is 18.0. The average molecular weight is 423 g/mol. The Balaban J connectivity index is 2.12. The summed E-state index contributed by atoms with van der Waals surface area (Å²) in [5.74, 6) is 0.552. The van der Waals surface area contributed by atoms with Crippen molar-refractivity contribution in [2.75, 3.05) is 18.0 Å². The van der Waals surface area contributed by atoms with Gasteiger partial charge >= 0.3 is 0 Å². The van der Waals surface area contributed by atoms with Gasteiger partial charge in [-0.05, 0) is 65.2 Å². The van der Waals surface area contributed by atoms with Crippen LogP contribution in [0, 0.1) is 6.92 Å². The van der Waals surface area contributed by atoms with Crippen LogP contribution in [0.4, 0.5) is 5.88 Å². The van der Waals surface area contributed by atoms with Crippen LogP contribution in [0.2, 0.25) is 0 Å². The Morgan fingerprint density at radius 1 is 1.29 bits per heavy atom. The van der Waals surface area contributed by atoms with Crippen molar-refractivity contribution in [1.29, 1.82) is 0 Å². The number of hydrogen-bond acceptors (Lipinski definition) is 5. The number of rotatable bonds is 3. The summed E-state index contributed by atoms with van der Waals surface area (Å²) in [6.45, 7) is 10.9. The van der Waals surface area contributed by atoms with Crippen molar-refractivity contribution in [3.05, 3.63) is 39.5 Å². The van der Waals surface area contributed by atoms with Gasteiger partial charge in [0, 0.05) is 30.1 Å². The molecule has 7 heteroatoms. The van der Waals surface area contributed by atoms with Gasteiger partial charge < -0.3 is 13.9 Å². The number of nitrogens with zero attached hydrogens (tertiary/aromatic N) is 2. The lowest BCUT2D eigenvalue weighted by Crippen LogP contribution is -2.34. The van der Waals surface area contributed by atoms with Crippen LogP contribution in [0.15, 0.2) is 31.8 Å². The highest BCUT2D eigenvalue weighted by Crippen LogP contribution is 2.28. The first-order chi connectivity index (χ1) is 13.1. The number of alkyl halides is 1. The molecule has 5 nitrogen and oxygen atoms in total. The second kappa shape index (κ2) is 8.09. The topological polar surface area (TPSA) is 68.9 Å². The zero-order valence-corrected chi connectivity index (χ0v) is 18.6. The van der Waals surface area contributed by atoms with Gasteiger partial charge in [0.15, 0.2) is 11.3 Å². The third kappa shape index (κ3) is 4.56. The summed E-state index contributed by atoms with van der Waals surface area (Å²) in [7, 11) is 0. The number of fused-ring (bicyclic) bond motifs is 1. The standard InChI is InChI=1S/C21H27ClN2O3S/c1-13-10-16(14(2)23-28(26)21(3,4)5)20-17(11-13)18(25)12-19(27-20)24-8-6-15(22)7-9-24/h10-12,15H,6-9H2,1-5H3. The molecule has 1 aliphatic rings. The minimum atomic E-state index is -1.39. The molecule has 0 N–H and O–H groups in total. The maximum absolute atomic E-state index is 12.8. The molecule has 0 spiro atoms. The van der Waals surface area contributed by atoms with E-state index in [1.807, 2.05) is 46.8 Å². The van der Waals surface area contributed by atoms with Crippen molar-refractivity contribution in [2.24, 2.45) is 4.40 Å². The van der Waals surface area contributed by atoms with E-state index in [-0.39, 0.29) is 10.8 Å². The van der Waals surface area contributed by atoms with Gasteiger partial charge in [-0.2, -0.15) is 0 Å². The maximum atomic E-state index is 12.8. The van der Waals surface area contributed by atoms with Crippen LogP contribution in [-0.4, -0.2) is 33.5 Å². The van der Waals surface area contributed by atoms with Crippen LogP contribution in [0.25, 0.3) is 11.0 Å². The average Bonchev–Trinajstić information content (AvgIpc) is 2.61. The summed E-state index contributed by atoms with van der Waals surface area (Å²) in [6, 6.07) is 5.31. The third-order valence-corrected chi connectivity index (χ3v) is 6.75. The van der Waals surface area contributed by atoms with Gasteiger partial charge in [-0.25, -0.2) is 0 Å². The van der Waals surface area contributed by atoms with E-state index >= 15 is 0 Å². The molecule has 28 heavy (non-hydrogen) atoms. The lowest BCUT2D eigenvalue weighted by molar-refractivity contribution is 0.516. The Hall–Kier alpha value is -1.50. The Morgan fingerprint density at radius 2 is 1.93 bits per heavy atom. The van der Waals surface area contributed by atoms with E-state index in [2.05, 4.69) is 9.30 Å². The molecule has 1 unspecified atom stereocenters. The summed E-state index contributed by atoms with van der Waals surface area (Å²) >= 11 is 4.81. The molecular weight excluding hydrogens is 396 g/mol. The van der Waals surface area contributed by atoms with Gasteiger partial charge in [0.25, 0.3) is 0 Å². The van der Waals surface area contributed by atoms with Gasteiger partial charge in [0.1, 0.15) is 21.7 Å². The van der Waals surface area contributed by atoms with Crippen LogP contribution in [-0.2, 0) is 11.4 Å². The van der Waals surface area contributed by atoms with Gasteiger partial charge in [-0.3, -0.25) is 4.79 Å². The van der Waals surface area contributed by atoms with E-state index in [0.29, 0.717) is 28.1 Å². The first kappa shape index (κ1) is 21.2. The number of halogens is 1. The zero-order chi connectivity index (χ0) is 20.6. The van der Waals surface area contributed by atoms with Crippen molar-refractivity contribution < 1.29 is 8.97 Å². The lowest BCUT2D eigenvalue weighted by Gasteiger charge is -2.29. The molecule has 1 aliphatic heterocycles. The van der Waals surface area contributed by atoms with Crippen LogP contribution < -0.4 is 10.3 Å². The highest BCUT2D eigenvalue weighted by atomic mass is 35.5. The molecule has 2 heterocycles. The first-order valence-electron chi connectivity index (χ1n) is 9.51.